The molecule has 0 saturated heterocycles. The molecule has 1 atom stereocenters. The Morgan fingerprint density at radius 3 is 2.50 bits per heavy atom. The highest BCUT2D eigenvalue weighted by Gasteiger charge is 2.08. The summed E-state index contributed by atoms with van der Waals surface area (Å²) in [6, 6.07) is 10.7. The Kier molecular flexibility index (Phi) is 6.12. The van der Waals surface area contributed by atoms with Gasteiger partial charge < -0.3 is 5.32 Å². The van der Waals surface area contributed by atoms with Gasteiger partial charge in [0.25, 0.3) is 0 Å². The Labute approximate surface area is 99.7 Å². The first-order chi connectivity index (χ1) is 7.76. The maximum atomic E-state index is 3.23. The van der Waals surface area contributed by atoms with Crippen LogP contribution in [0.25, 0.3) is 0 Å². The van der Waals surface area contributed by atoms with E-state index in [2.05, 4.69) is 54.4 Å². The first-order valence-corrected chi connectivity index (χ1v) is 6.17. The van der Waals surface area contributed by atoms with E-state index in [4.69, 9.17) is 0 Å². The van der Waals surface area contributed by atoms with Crippen molar-refractivity contribution in [2.45, 2.75) is 20.4 Å². The van der Waals surface area contributed by atoms with Gasteiger partial charge in [0.05, 0.1) is 0 Å². The molecular weight excluding hydrogens is 196 g/mol. The Balaban J connectivity index is 2.43. The van der Waals surface area contributed by atoms with Crippen LogP contribution in [0.4, 0.5) is 0 Å². The first-order valence-electron chi connectivity index (χ1n) is 6.17. The molecule has 90 valence electrons. The second kappa shape index (κ2) is 7.42. The van der Waals surface area contributed by atoms with Gasteiger partial charge in [0.2, 0.25) is 0 Å². The quantitative estimate of drug-likeness (QED) is 0.759. The standard InChI is InChI=1S/C14H24N2/c1-4-16(11-13(2)10-15-3)12-14-8-6-5-7-9-14/h5-9,13,15H,4,10-12H2,1-3H3. The summed E-state index contributed by atoms with van der Waals surface area (Å²) in [5.41, 5.74) is 1.40. The smallest absolute Gasteiger partial charge is 0.0233 e. The molecule has 1 unspecified atom stereocenters. The van der Waals surface area contributed by atoms with Crippen molar-refractivity contribution in [1.29, 1.82) is 0 Å². The molecule has 0 heterocycles. The monoisotopic (exact) mass is 220 g/mol. The van der Waals surface area contributed by atoms with E-state index in [1.54, 1.807) is 0 Å². The van der Waals surface area contributed by atoms with Crippen LogP contribution in [0, 0.1) is 5.92 Å². The molecule has 0 aliphatic heterocycles. The van der Waals surface area contributed by atoms with Crippen LogP contribution in [0.15, 0.2) is 30.3 Å². The predicted molar refractivity (Wildman–Crippen MR) is 70.5 cm³/mol. The Bertz CT molecular complexity index is 271. The van der Waals surface area contributed by atoms with Gasteiger partial charge in [0, 0.05) is 13.1 Å². The summed E-state index contributed by atoms with van der Waals surface area (Å²) in [5.74, 6) is 0.702. The van der Waals surface area contributed by atoms with E-state index in [1.807, 2.05) is 7.05 Å². The van der Waals surface area contributed by atoms with E-state index in [0.29, 0.717) is 5.92 Å². The van der Waals surface area contributed by atoms with E-state index in [1.165, 1.54) is 5.56 Å². The van der Waals surface area contributed by atoms with Gasteiger partial charge in [0.15, 0.2) is 0 Å². The zero-order chi connectivity index (χ0) is 11.8. The van der Waals surface area contributed by atoms with Gasteiger partial charge >= 0.3 is 0 Å². The predicted octanol–water partition coefficient (Wildman–Crippen LogP) is 2.36. The average molecular weight is 220 g/mol. The molecule has 0 aromatic heterocycles. The molecule has 0 fully saturated rings. The highest BCUT2D eigenvalue weighted by Crippen LogP contribution is 2.06. The van der Waals surface area contributed by atoms with Gasteiger partial charge in [-0.3, -0.25) is 4.90 Å². The SMILES string of the molecule is CCN(Cc1ccccc1)CC(C)CNC. The lowest BCUT2D eigenvalue weighted by molar-refractivity contribution is 0.239. The fourth-order valence-corrected chi connectivity index (χ4v) is 2.00. The van der Waals surface area contributed by atoms with E-state index < -0.39 is 0 Å². The Morgan fingerprint density at radius 2 is 1.94 bits per heavy atom. The Morgan fingerprint density at radius 1 is 1.25 bits per heavy atom. The van der Waals surface area contributed by atoms with Crippen LogP contribution in [0.1, 0.15) is 19.4 Å². The summed E-state index contributed by atoms with van der Waals surface area (Å²) in [6.45, 7) is 8.95. The lowest BCUT2D eigenvalue weighted by Gasteiger charge is -2.24. The third-order valence-corrected chi connectivity index (χ3v) is 2.82. The van der Waals surface area contributed by atoms with Crippen LogP contribution < -0.4 is 5.32 Å². The summed E-state index contributed by atoms with van der Waals surface area (Å²) in [5, 5.41) is 3.23. The summed E-state index contributed by atoms with van der Waals surface area (Å²) < 4.78 is 0. The van der Waals surface area contributed by atoms with Gasteiger partial charge in [-0.2, -0.15) is 0 Å². The molecule has 1 aromatic carbocycles. The minimum atomic E-state index is 0.702. The summed E-state index contributed by atoms with van der Waals surface area (Å²) in [7, 11) is 2.02. The fraction of sp³-hybridized carbons (Fsp3) is 0.571. The summed E-state index contributed by atoms with van der Waals surface area (Å²) in [6.07, 6.45) is 0. The molecule has 0 radical (unpaired) electrons. The van der Waals surface area contributed by atoms with Crippen molar-refractivity contribution in [3.63, 3.8) is 0 Å². The van der Waals surface area contributed by atoms with Crippen LogP contribution in [-0.2, 0) is 6.54 Å². The molecule has 0 spiro atoms. The van der Waals surface area contributed by atoms with Gasteiger partial charge in [-0.25, -0.2) is 0 Å². The van der Waals surface area contributed by atoms with Gasteiger partial charge in [-0.15, -0.1) is 0 Å². The second-order valence-corrected chi connectivity index (χ2v) is 4.48. The van der Waals surface area contributed by atoms with Crippen molar-refractivity contribution in [2.75, 3.05) is 26.7 Å². The van der Waals surface area contributed by atoms with Crippen molar-refractivity contribution in [1.82, 2.24) is 10.2 Å². The molecule has 2 heteroatoms. The van der Waals surface area contributed by atoms with Gasteiger partial charge in [0.1, 0.15) is 0 Å². The number of rotatable bonds is 7. The van der Waals surface area contributed by atoms with E-state index >= 15 is 0 Å². The number of nitrogens with zero attached hydrogens (tertiary/aromatic N) is 1. The number of benzene rings is 1. The van der Waals surface area contributed by atoms with Crippen molar-refractivity contribution in [3.05, 3.63) is 35.9 Å². The maximum absolute atomic E-state index is 3.23. The first kappa shape index (κ1) is 13.2. The zero-order valence-corrected chi connectivity index (χ0v) is 10.7. The Hall–Kier alpha value is -0.860. The van der Waals surface area contributed by atoms with Crippen LogP contribution in [0.2, 0.25) is 0 Å². The van der Waals surface area contributed by atoms with E-state index in [-0.39, 0.29) is 0 Å². The average Bonchev–Trinajstić information content (AvgIpc) is 2.30. The lowest BCUT2D eigenvalue weighted by atomic mass is 10.1. The van der Waals surface area contributed by atoms with Gasteiger partial charge in [-0.1, -0.05) is 44.2 Å². The zero-order valence-electron chi connectivity index (χ0n) is 10.7. The molecule has 0 saturated carbocycles. The number of hydrogen-bond donors (Lipinski definition) is 1. The molecule has 0 amide bonds. The molecule has 1 aromatic rings. The van der Waals surface area contributed by atoms with Gasteiger partial charge in [-0.05, 0) is 31.6 Å². The summed E-state index contributed by atoms with van der Waals surface area (Å²) >= 11 is 0. The number of nitrogens with one attached hydrogen (secondary N) is 1. The normalized spacial score (nSPS) is 13.0. The fourth-order valence-electron chi connectivity index (χ4n) is 2.00. The van der Waals surface area contributed by atoms with Crippen LogP contribution in [-0.4, -0.2) is 31.6 Å². The highest BCUT2D eigenvalue weighted by molar-refractivity contribution is 5.14. The molecule has 16 heavy (non-hydrogen) atoms. The molecular formula is C14H24N2. The van der Waals surface area contributed by atoms with Crippen molar-refractivity contribution >= 4 is 0 Å². The minimum absolute atomic E-state index is 0.702. The van der Waals surface area contributed by atoms with E-state index in [9.17, 15) is 0 Å². The number of hydrogen-bond acceptors (Lipinski definition) is 2. The van der Waals surface area contributed by atoms with Crippen LogP contribution >= 0.6 is 0 Å². The molecule has 0 aliphatic carbocycles. The van der Waals surface area contributed by atoms with Crippen molar-refractivity contribution in [3.8, 4) is 0 Å². The summed E-state index contributed by atoms with van der Waals surface area (Å²) in [4.78, 5) is 2.50. The third kappa shape index (κ3) is 4.77. The lowest BCUT2D eigenvalue weighted by Crippen LogP contribution is -2.32. The molecule has 2 nitrogen and oxygen atoms in total. The van der Waals surface area contributed by atoms with Crippen LogP contribution in [0.5, 0.6) is 0 Å². The third-order valence-electron chi connectivity index (χ3n) is 2.82. The maximum Gasteiger partial charge on any atom is 0.0233 e. The van der Waals surface area contributed by atoms with Crippen molar-refractivity contribution in [2.24, 2.45) is 5.92 Å². The van der Waals surface area contributed by atoms with Crippen molar-refractivity contribution < 1.29 is 0 Å². The molecule has 0 bridgehead atoms. The van der Waals surface area contributed by atoms with E-state index in [0.717, 1.165) is 26.2 Å². The highest BCUT2D eigenvalue weighted by atomic mass is 15.1. The minimum Gasteiger partial charge on any atom is -0.319 e. The van der Waals surface area contributed by atoms with Crippen LogP contribution in [0.3, 0.4) is 0 Å². The topological polar surface area (TPSA) is 15.3 Å². The second-order valence-electron chi connectivity index (χ2n) is 4.48. The largest absolute Gasteiger partial charge is 0.319 e. The molecule has 1 N–H and O–H groups in total. The molecule has 1 rings (SSSR count). The molecule has 0 aliphatic rings.